The summed E-state index contributed by atoms with van der Waals surface area (Å²) < 4.78 is 9.28. The summed E-state index contributed by atoms with van der Waals surface area (Å²) in [5.74, 6) is 1.79. The Morgan fingerprint density at radius 3 is 1.84 bits per heavy atom. The molecule has 0 saturated heterocycles. The number of fused-ring (bicyclic) bond motifs is 13. The molecule has 206 valence electrons. The third kappa shape index (κ3) is 3.19. The van der Waals surface area contributed by atoms with Gasteiger partial charge in [-0.3, -0.25) is 0 Å². The lowest BCUT2D eigenvalue weighted by atomic mass is 9.66. The zero-order valence-electron chi connectivity index (χ0n) is 23.7. The molecule has 1 aromatic heterocycles. The van der Waals surface area contributed by atoms with Crippen LogP contribution in [-0.2, 0) is 5.41 Å². The van der Waals surface area contributed by atoms with Crippen molar-refractivity contribution in [2.45, 2.75) is 5.41 Å². The van der Waals surface area contributed by atoms with Crippen molar-refractivity contribution in [1.82, 2.24) is 0 Å². The first-order chi connectivity index (χ1) is 21.8. The molecule has 44 heavy (non-hydrogen) atoms. The highest BCUT2D eigenvalue weighted by Crippen LogP contribution is 2.62. The third-order valence-electron chi connectivity index (χ3n) is 9.48. The van der Waals surface area contributed by atoms with Crippen LogP contribution in [0.2, 0.25) is 0 Å². The van der Waals surface area contributed by atoms with Gasteiger partial charge in [0.2, 0.25) is 0 Å². The second-order valence-electron chi connectivity index (χ2n) is 11.8. The number of anilines is 2. The van der Waals surface area contributed by atoms with E-state index in [4.69, 9.17) is 4.74 Å². The molecule has 0 unspecified atom stereocenters. The minimum absolute atomic E-state index is 0.435. The third-order valence-corrected chi connectivity index (χ3v) is 10.6. The molecule has 10 rings (SSSR count). The van der Waals surface area contributed by atoms with E-state index in [9.17, 15) is 0 Å². The van der Waals surface area contributed by atoms with Gasteiger partial charge in [0, 0.05) is 48.7 Å². The van der Waals surface area contributed by atoms with Gasteiger partial charge in [0.1, 0.15) is 11.5 Å². The van der Waals surface area contributed by atoms with Crippen molar-refractivity contribution in [2.24, 2.45) is 0 Å². The second-order valence-corrected chi connectivity index (χ2v) is 12.9. The van der Waals surface area contributed by atoms with Gasteiger partial charge in [0.15, 0.2) is 0 Å². The van der Waals surface area contributed by atoms with Gasteiger partial charge in [-0.1, -0.05) is 103 Å². The number of ether oxygens (including phenoxy) is 1. The van der Waals surface area contributed by atoms with E-state index in [1.807, 2.05) is 11.3 Å². The number of rotatable bonds is 2. The summed E-state index contributed by atoms with van der Waals surface area (Å²) >= 11 is 1.85. The number of hydrogen-bond acceptors (Lipinski definition) is 3. The summed E-state index contributed by atoms with van der Waals surface area (Å²) in [5.41, 5.74) is 9.19. The smallest absolute Gasteiger partial charge is 0.134 e. The predicted octanol–water partition coefficient (Wildman–Crippen LogP) is 11.4. The van der Waals surface area contributed by atoms with Gasteiger partial charge in [0.05, 0.1) is 5.41 Å². The van der Waals surface area contributed by atoms with E-state index < -0.39 is 5.41 Å². The first kappa shape index (κ1) is 24.1. The molecule has 2 heterocycles. The Balaban J connectivity index is 1.11. The van der Waals surface area contributed by atoms with Crippen LogP contribution in [0.15, 0.2) is 146 Å². The summed E-state index contributed by atoms with van der Waals surface area (Å²) in [6, 6.07) is 52.8. The fraction of sp³-hybridized carbons (Fsp3) is 0.0244. The van der Waals surface area contributed by atoms with E-state index in [0.29, 0.717) is 0 Å². The molecule has 1 aliphatic carbocycles. The van der Waals surface area contributed by atoms with Crippen molar-refractivity contribution in [3.8, 4) is 22.6 Å². The molecule has 8 aromatic rings. The number of hydrogen-bond donors (Lipinski definition) is 1. The van der Waals surface area contributed by atoms with E-state index in [2.05, 4.69) is 151 Å². The topological polar surface area (TPSA) is 21.3 Å². The first-order valence-corrected chi connectivity index (χ1v) is 15.8. The van der Waals surface area contributed by atoms with E-state index in [0.717, 1.165) is 22.9 Å². The molecule has 0 atom stereocenters. The van der Waals surface area contributed by atoms with Crippen LogP contribution < -0.4 is 10.1 Å². The lowest BCUT2D eigenvalue weighted by Crippen LogP contribution is -2.32. The Labute approximate surface area is 258 Å². The molecule has 0 fully saturated rings. The zero-order valence-corrected chi connectivity index (χ0v) is 24.5. The highest BCUT2D eigenvalue weighted by Gasteiger charge is 2.50. The Kier molecular flexibility index (Phi) is 4.83. The monoisotopic (exact) mass is 579 g/mol. The van der Waals surface area contributed by atoms with E-state index >= 15 is 0 Å². The van der Waals surface area contributed by atoms with Gasteiger partial charge in [-0.05, 0) is 69.4 Å². The fourth-order valence-corrected chi connectivity index (χ4v) is 8.82. The number of para-hydroxylation sites is 1. The highest BCUT2D eigenvalue weighted by atomic mass is 32.1. The van der Waals surface area contributed by atoms with Crippen LogP contribution in [0.3, 0.4) is 0 Å². The predicted molar refractivity (Wildman–Crippen MR) is 184 cm³/mol. The summed E-state index contributed by atoms with van der Waals surface area (Å²) in [7, 11) is 0. The Bertz CT molecular complexity index is 2430. The molecule has 0 bridgehead atoms. The maximum atomic E-state index is 6.68. The summed E-state index contributed by atoms with van der Waals surface area (Å²) in [6.07, 6.45) is 0. The number of benzene rings is 7. The maximum Gasteiger partial charge on any atom is 0.134 e. The van der Waals surface area contributed by atoms with Crippen molar-refractivity contribution in [3.05, 3.63) is 168 Å². The molecule has 2 nitrogen and oxygen atoms in total. The van der Waals surface area contributed by atoms with Gasteiger partial charge in [-0.15, -0.1) is 11.3 Å². The normalized spacial score (nSPS) is 13.8. The van der Waals surface area contributed by atoms with Gasteiger partial charge >= 0.3 is 0 Å². The van der Waals surface area contributed by atoms with Gasteiger partial charge in [-0.25, -0.2) is 0 Å². The lowest BCUT2D eigenvalue weighted by Gasteiger charge is -2.39. The molecule has 1 aliphatic heterocycles. The van der Waals surface area contributed by atoms with Crippen LogP contribution >= 0.6 is 11.3 Å². The van der Waals surface area contributed by atoms with Gasteiger partial charge in [0.25, 0.3) is 0 Å². The van der Waals surface area contributed by atoms with Crippen LogP contribution in [-0.4, -0.2) is 0 Å². The minimum atomic E-state index is -0.435. The molecule has 0 saturated carbocycles. The maximum absolute atomic E-state index is 6.68. The van der Waals surface area contributed by atoms with Crippen LogP contribution in [0.25, 0.3) is 42.1 Å². The molecule has 3 heteroatoms. The Hall–Kier alpha value is -5.38. The number of nitrogens with one attached hydrogen (secondary N) is 1. The van der Waals surface area contributed by atoms with Crippen molar-refractivity contribution in [3.63, 3.8) is 0 Å². The summed E-state index contributed by atoms with van der Waals surface area (Å²) in [5, 5.41) is 8.87. The van der Waals surface area contributed by atoms with Crippen molar-refractivity contribution < 1.29 is 4.74 Å². The van der Waals surface area contributed by atoms with E-state index in [1.54, 1.807) is 0 Å². The SMILES string of the molecule is c1ccc2c(c1)Oc1cc(Nc3ccc4c(c3)sc3cc5ccccc5cc34)ccc1C21c2ccccc2-c2ccccc21. The molecule has 7 aromatic carbocycles. The van der Waals surface area contributed by atoms with E-state index in [-0.39, 0.29) is 0 Å². The van der Waals surface area contributed by atoms with Crippen LogP contribution in [0.5, 0.6) is 11.5 Å². The molecular weight excluding hydrogens is 555 g/mol. The van der Waals surface area contributed by atoms with Gasteiger partial charge in [-0.2, -0.15) is 0 Å². The van der Waals surface area contributed by atoms with Crippen molar-refractivity contribution in [2.75, 3.05) is 5.32 Å². The second kappa shape index (κ2) is 8.82. The lowest BCUT2D eigenvalue weighted by molar-refractivity contribution is 0.436. The standard InChI is InChI=1S/C41H25NOS/c1-2-10-26-22-39-32(21-25(26)9-1)31-19-17-28(24-40(31)44-39)42-27-18-20-36-38(23-27)43-37-16-8-7-15-35(37)41(36)33-13-5-3-11-29(33)30-12-4-6-14-34(30)41/h1-24,42H. The Morgan fingerprint density at radius 1 is 0.455 bits per heavy atom. The molecule has 1 N–H and O–H groups in total. The first-order valence-electron chi connectivity index (χ1n) is 15.0. The van der Waals surface area contributed by atoms with Crippen LogP contribution in [0, 0.1) is 0 Å². The Morgan fingerprint density at radius 2 is 1.05 bits per heavy atom. The molecule has 0 amide bonds. The number of thiophene rings is 1. The summed E-state index contributed by atoms with van der Waals surface area (Å²) in [4.78, 5) is 0. The average molecular weight is 580 g/mol. The van der Waals surface area contributed by atoms with Crippen LogP contribution in [0.4, 0.5) is 11.4 Å². The van der Waals surface area contributed by atoms with Gasteiger partial charge < -0.3 is 10.1 Å². The average Bonchev–Trinajstić information content (AvgIpc) is 3.56. The molecule has 1 spiro atoms. The molecular formula is C41H25NOS. The fourth-order valence-electron chi connectivity index (χ4n) is 7.65. The molecule has 0 radical (unpaired) electrons. The summed E-state index contributed by atoms with van der Waals surface area (Å²) in [6.45, 7) is 0. The quantitative estimate of drug-likeness (QED) is 0.220. The van der Waals surface area contributed by atoms with Crippen molar-refractivity contribution in [1.29, 1.82) is 0 Å². The highest BCUT2D eigenvalue weighted by molar-refractivity contribution is 7.25. The minimum Gasteiger partial charge on any atom is -0.457 e. The zero-order chi connectivity index (χ0) is 28.8. The van der Waals surface area contributed by atoms with E-state index in [1.165, 1.54) is 64.3 Å². The van der Waals surface area contributed by atoms with Crippen LogP contribution in [0.1, 0.15) is 22.3 Å². The van der Waals surface area contributed by atoms with Crippen molar-refractivity contribution >= 4 is 53.7 Å². The molecule has 2 aliphatic rings. The largest absolute Gasteiger partial charge is 0.457 e.